The number of phenolic OH excluding ortho intramolecular Hbond substituents is 1. The molecule has 108 valence electrons. The molecule has 0 radical (unpaired) electrons. The highest BCUT2D eigenvalue weighted by molar-refractivity contribution is 5.83. The molecule has 21 heavy (non-hydrogen) atoms. The van der Waals surface area contributed by atoms with Crippen LogP contribution in [-0.2, 0) is 0 Å². The summed E-state index contributed by atoms with van der Waals surface area (Å²) in [6, 6.07) is 9.58. The Morgan fingerprint density at radius 3 is 2.71 bits per heavy atom. The molecular formula is C15H14N2O4. The second-order valence-electron chi connectivity index (χ2n) is 4.37. The van der Waals surface area contributed by atoms with Crippen molar-refractivity contribution in [3.05, 3.63) is 57.6 Å². The summed E-state index contributed by atoms with van der Waals surface area (Å²) in [7, 11) is 1.47. The van der Waals surface area contributed by atoms with Crippen LogP contribution in [0, 0.1) is 17.0 Å². The van der Waals surface area contributed by atoms with Crippen molar-refractivity contribution in [3.8, 4) is 11.5 Å². The third-order valence-electron chi connectivity index (χ3n) is 3.03. The monoisotopic (exact) mass is 286 g/mol. The van der Waals surface area contributed by atoms with Gasteiger partial charge in [0.2, 0.25) is 0 Å². The van der Waals surface area contributed by atoms with Crippen LogP contribution in [0.1, 0.15) is 11.1 Å². The standard InChI is InChI=1S/C15H14N2O4/c1-10-12(4-3-5-13(10)17(19)20)16-9-11-6-7-15(21-2)14(18)8-11/h3-9,18H,1-2H3. The van der Waals surface area contributed by atoms with Crippen LogP contribution in [0.5, 0.6) is 11.5 Å². The molecule has 2 rings (SSSR count). The molecule has 1 N–H and O–H groups in total. The van der Waals surface area contributed by atoms with Gasteiger partial charge in [-0.2, -0.15) is 0 Å². The van der Waals surface area contributed by atoms with Crippen LogP contribution in [0.2, 0.25) is 0 Å². The molecule has 0 fully saturated rings. The SMILES string of the molecule is COc1ccc(C=Nc2cccc([N+](=O)[O-])c2C)cc1O. The first kappa shape index (κ1) is 14.5. The fourth-order valence-electron chi connectivity index (χ4n) is 1.88. The highest BCUT2D eigenvalue weighted by Gasteiger charge is 2.12. The molecule has 0 aliphatic rings. The quantitative estimate of drug-likeness (QED) is 0.530. The lowest BCUT2D eigenvalue weighted by Crippen LogP contribution is -1.91. The highest BCUT2D eigenvalue weighted by Crippen LogP contribution is 2.28. The molecule has 0 bridgehead atoms. The van der Waals surface area contributed by atoms with Crippen LogP contribution in [0.25, 0.3) is 0 Å². The molecule has 0 unspecified atom stereocenters. The van der Waals surface area contributed by atoms with Gasteiger partial charge in [0.1, 0.15) is 0 Å². The number of hydrogen-bond donors (Lipinski definition) is 1. The first-order valence-electron chi connectivity index (χ1n) is 6.18. The summed E-state index contributed by atoms with van der Waals surface area (Å²) in [5.74, 6) is 0.385. The van der Waals surface area contributed by atoms with Gasteiger partial charge in [-0.1, -0.05) is 6.07 Å². The maximum Gasteiger partial charge on any atom is 0.274 e. The number of methoxy groups -OCH3 is 1. The third-order valence-corrected chi connectivity index (χ3v) is 3.03. The Kier molecular flexibility index (Phi) is 4.18. The lowest BCUT2D eigenvalue weighted by molar-refractivity contribution is -0.385. The first-order valence-corrected chi connectivity index (χ1v) is 6.18. The van der Waals surface area contributed by atoms with Gasteiger partial charge in [-0.15, -0.1) is 0 Å². The molecule has 2 aromatic carbocycles. The number of benzene rings is 2. The molecule has 0 aromatic heterocycles. The van der Waals surface area contributed by atoms with Gasteiger partial charge in [0.15, 0.2) is 11.5 Å². The highest BCUT2D eigenvalue weighted by atomic mass is 16.6. The smallest absolute Gasteiger partial charge is 0.274 e. The number of aromatic hydroxyl groups is 1. The lowest BCUT2D eigenvalue weighted by Gasteiger charge is -2.04. The van der Waals surface area contributed by atoms with Crippen molar-refractivity contribution in [2.75, 3.05) is 7.11 Å². The number of ether oxygens (including phenoxy) is 1. The average Bonchev–Trinajstić information content (AvgIpc) is 2.46. The second kappa shape index (κ2) is 6.04. The van der Waals surface area contributed by atoms with Crippen LogP contribution < -0.4 is 4.74 Å². The molecule has 0 amide bonds. The fourth-order valence-corrected chi connectivity index (χ4v) is 1.88. The summed E-state index contributed by atoms with van der Waals surface area (Å²) in [6.07, 6.45) is 1.53. The van der Waals surface area contributed by atoms with Crippen LogP contribution in [0.4, 0.5) is 11.4 Å². The minimum atomic E-state index is -0.437. The number of nitro benzene ring substituents is 1. The van der Waals surface area contributed by atoms with Crippen molar-refractivity contribution < 1.29 is 14.8 Å². The molecule has 0 saturated heterocycles. The summed E-state index contributed by atoms with van der Waals surface area (Å²) in [5, 5.41) is 20.6. The summed E-state index contributed by atoms with van der Waals surface area (Å²) < 4.78 is 4.95. The lowest BCUT2D eigenvalue weighted by atomic mass is 10.1. The van der Waals surface area contributed by atoms with Crippen molar-refractivity contribution in [1.29, 1.82) is 0 Å². The van der Waals surface area contributed by atoms with E-state index in [1.54, 1.807) is 31.2 Å². The van der Waals surface area contributed by atoms with Crippen LogP contribution in [0.15, 0.2) is 41.4 Å². The number of nitro groups is 1. The van der Waals surface area contributed by atoms with E-state index < -0.39 is 4.92 Å². The predicted octanol–water partition coefficient (Wildman–Crippen LogP) is 3.37. The Morgan fingerprint density at radius 1 is 1.33 bits per heavy atom. The molecule has 6 nitrogen and oxygen atoms in total. The van der Waals surface area contributed by atoms with Gasteiger partial charge in [-0.25, -0.2) is 0 Å². The summed E-state index contributed by atoms with van der Waals surface area (Å²) in [4.78, 5) is 14.7. The molecule has 0 spiro atoms. The minimum Gasteiger partial charge on any atom is -0.504 e. The Labute approximate surface area is 121 Å². The van der Waals surface area contributed by atoms with Crippen LogP contribution in [0.3, 0.4) is 0 Å². The van der Waals surface area contributed by atoms with E-state index in [0.717, 1.165) is 0 Å². The molecular weight excluding hydrogens is 272 g/mol. The van der Waals surface area contributed by atoms with E-state index in [2.05, 4.69) is 4.99 Å². The van der Waals surface area contributed by atoms with Crippen molar-refractivity contribution in [1.82, 2.24) is 0 Å². The topological polar surface area (TPSA) is 85.0 Å². The van der Waals surface area contributed by atoms with Gasteiger partial charge in [-0.3, -0.25) is 15.1 Å². The van der Waals surface area contributed by atoms with Crippen molar-refractivity contribution in [2.45, 2.75) is 6.92 Å². The number of rotatable bonds is 4. The van der Waals surface area contributed by atoms with Crippen molar-refractivity contribution in [2.24, 2.45) is 4.99 Å². The summed E-state index contributed by atoms with van der Waals surface area (Å²) in [6.45, 7) is 1.65. The Hall–Kier alpha value is -2.89. The summed E-state index contributed by atoms with van der Waals surface area (Å²) >= 11 is 0. The number of aliphatic imine (C=N–C) groups is 1. The van der Waals surface area contributed by atoms with Gasteiger partial charge in [0.25, 0.3) is 5.69 Å². The van der Waals surface area contributed by atoms with Crippen LogP contribution >= 0.6 is 0 Å². The van der Waals surface area contributed by atoms with Crippen molar-refractivity contribution in [3.63, 3.8) is 0 Å². The van der Waals surface area contributed by atoms with Gasteiger partial charge in [0.05, 0.1) is 23.3 Å². The zero-order chi connectivity index (χ0) is 15.4. The average molecular weight is 286 g/mol. The summed E-state index contributed by atoms with van der Waals surface area (Å²) in [5.41, 5.74) is 1.71. The van der Waals surface area contributed by atoms with Gasteiger partial charge < -0.3 is 9.84 Å². The Bertz CT molecular complexity index is 711. The third kappa shape index (κ3) is 3.17. The van der Waals surface area contributed by atoms with E-state index in [-0.39, 0.29) is 11.4 Å². The normalized spacial score (nSPS) is 10.8. The largest absolute Gasteiger partial charge is 0.504 e. The molecule has 0 heterocycles. The molecule has 0 aliphatic carbocycles. The Balaban J connectivity index is 2.31. The zero-order valence-corrected chi connectivity index (χ0v) is 11.6. The first-order chi connectivity index (χ1) is 10.0. The van der Waals surface area contributed by atoms with E-state index in [1.807, 2.05) is 0 Å². The Morgan fingerprint density at radius 2 is 2.10 bits per heavy atom. The molecule has 0 aliphatic heterocycles. The number of nitrogens with zero attached hydrogens (tertiary/aromatic N) is 2. The van der Waals surface area contributed by atoms with Gasteiger partial charge in [0, 0.05) is 12.3 Å². The minimum absolute atomic E-state index is 0.0113. The van der Waals surface area contributed by atoms with E-state index in [1.165, 1.54) is 25.5 Å². The molecule has 2 aromatic rings. The van der Waals surface area contributed by atoms with E-state index in [9.17, 15) is 15.2 Å². The predicted molar refractivity (Wildman–Crippen MR) is 79.7 cm³/mol. The zero-order valence-electron chi connectivity index (χ0n) is 11.6. The molecule has 0 atom stereocenters. The van der Waals surface area contributed by atoms with Crippen molar-refractivity contribution >= 4 is 17.6 Å². The van der Waals surface area contributed by atoms with E-state index in [0.29, 0.717) is 22.6 Å². The van der Waals surface area contributed by atoms with E-state index >= 15 is 0 Å². The molecule has 6 heteroatoms. The van der Waals surface area contributed by atoms with Gasteiger partial charge >= 0.3 is 0 Å². The number of hydrogen-bond acceptors (Lipinski definition) is 5. The fraction of sp³-hybridized carbons (Fsp3) is 0.133. The molecule has 0 saturated carbocycles. The second-order valence-corrected chi connectivity index (χ2v) is 4.37. The van der Waals surface area contributed by atoms with Crippen LogP contribution in [-0.4, -0.2) is 23.4 Å². The maximum absolute atomic E-state index is 10.9. The maximum atomic E-state index is 10.9. The van der Waals surface area contributed by atoms with Gasteiger partial charge in [-0.05, 0) is 36.8 Å². The number of phenols is 1. The van der Waals surface area contributed by atoms with E-state index in [4.69, 9.17) is 4.74 Å².